The average molecular weight is 150 g/mol. The van der Waals surface area contributed by atoms with Gasteiger partial charge in [0.25, 0.3) is 0 Å². The van der Waals surface area contributed by atoms with Gasteiger partial charge in [-0.15, -0.1) is 0 Å². The maximum absolute atomic E-state index is 8.28. The monoisotopic (exact) mass is 150 g/mol. The molecule has 0 saturated carbocycles. The Labute approximate surface area is 79.9 Å². The van der Waals surface area contributed by atoms with Crippen molar-refractivity contribution < 1.29 is 16.6 Å². The molecule has 0 heterocycles. The van der Waals surface area contributed by atoms with Crippen molar-refractivity contribution >= 4 is 64.1 Å². The third-order valence-electron chi connectivity index (χ3n) is 0. The first-order valence-electron chi connectivity index (χ1n) is 0.577. The fourth-order valence-electron chi connectivity index (χ4n) is 0. The summed E-state index contributed by atoms with van der Waals surface area (Å²) in [6.45, 7) is 0. The zero-order valence-electron chi connectivity index (χ0n) is 5.44. The van der Waals surface area contributed by atoms with Crippen LogP contribution in [-0.4, -0.2) is 69.6 Å². The number of hydrogen-bond acceptors (Lipinski definition) is 2. The molecule has 34 valence electrons. The van der Waals surface area contributed by atoms with E-state index >= 15 is 0 Å². The summed E-state index contributed by atoms with van der Waals surface area (Å²) >= 11 is 0.611. The van der Waals surface area contributed by atoms with Gasteiger partial charge in [-0.3, -0.25) is 0 Å². The standard InChI is InChI=1S/Al.Ca.H2OSi.H2O.O.3H/c;;1-2;;;;;/h;;2H2;1H2;;;;/q;+2;;;;;2*-1. The van der Waals surface area contributed by atoms with E-state index in [-0.39, 0.29) is 46.1 Å². The van der Waals surface area contributed by atoms with Crippen molar-refractivity contribution in [2.45, 2.75) is 0 Å². The van der Waals surface area contributed by atoms with Crippen LogP contribution in [-0.2, 0) is 8.27 Å². The molecule has 2 N–H and O–H groups in total. The van der Waals surface area contributed by atoms with Gasteiger partial charge in [-0.1, -0.05) is 0 Å². The van der Waals surface area contributed by atoms with Gasteiger partial charge in [0, 0.05) is 0 Å². The summed E-state index contributed by atoms with van der Waals surface area (Å²) in [4.78, 5) is 0. The van der Waals surface area contributed by atoms with Crippen LogP contribution in [0.4, 0.5) is 0 Å². The minimum atomic E-state index is 0. The summed E-state index contributed by atoms with van der Waals surface area (Å²) < 4.78 is 16.6. The summed E-state index contributed by atoms with van der Waals surface area (Å²) in [5, 5.41) is 0. The van der Waals surface area contributed by atoms with E-state index < -0.39 is 0 Å². The van der Waals surface area contributed by atoms with Crippen molar-refractivity contribution in [2.24, 2.45) is 0 Å². The Kier molecular flexibility index (Phi) is 354. The molecule has 0 atom stereocenters. The molecule has 0 unspecified atom stereocenters. The molecule has 0 spiro atoms. The molecule has 0 aromatic carbocycles. The van der Waals surface area contributed by atoms with Crippen LogP contribution in [0.15, 0.2) is 0 Å². The van der Waals surface area contributed by atoms with Crippen LogP contribution < -0.4 is 0 Å². The molecular formula is H7AlCaO3Si. The molecule has 0 fully saturated rings. The molecule has 0 aromatic heterocycles. The van der Waals surface area contributed by atoms with Crippen LogP contribution in [0.2, 0.25) is 0 Å². The predicted octanol–water partition coefficient (Wildman–Crippen LogP) is -2.78. The van der Waals surface area contributed by atoms with E-state index in [2.05, 4.69) is 0 Å². The van der Waals surface area contributed by atoms with Gasteiger partial charge in [-0.2, -0.15) is 0 Å². The van der Waals surface area contributed by atoms with Crippen LogP contribution in [0.25, 0.3) is 0 Å². The summed E-state index contributed by atoms with van der Waals surface area (Å²) in [7, 11) is 0.611. The van der Waals surface area contributed by atoms with Gasteiger partial charge in [-0.05, 0) is 0 Å². The van der Waals surface area contributed by atoms with E-state index in [9.17, 15) is 0 Å². The summed E-state index contributed by atoms with van der Waals surface area (Å²) in [5.74, 6) is 0. The van der Waals surface area contributed by atoms with E-state index in [4.69, 9.17) is 8.27 Å². The summed E-state index contributed by atoms with van der Waals surface area (Å²) in [6, 6.07) is 0. The van der Waals surface area contributed by atoms with Crippen molar-refractivity contribution in [3.05, 3.63) is 0 Å². The summed E-state index contributed by atoms with van der Waals surface area (Å²) in [6.07, 6.45) is 0. The third-order valence-corrected chi connectivity index (χ3v) is 0. The van der Waals surface area contributed by atoms with Gasteiger partial charge < -0.3 is 12.8 Å². The Hall–Kier alpha value is 1.57. The summed E-state index contributed by atoms with van der Waals surface area (Å²) in [5.41, 5.74) is 0. The topological polar surface area (TPSA) is 65.6 Å². The van der Waals surface area contributed by atoms with Gasteiger partial charge in [0.05, 0.1) is 0 Å². The molecule has 0 bridgehead atoms. The van der Waals surface area contributed by atoms with Gasteiger partial charge in [-0.25, -0.2) is 0 Å². The van der Waals surface area contributed by atoms with Gasteiger partial charge in [0.1, 0.15) is 0 Å². The molecule has 0 radical (unpaired) electrons. The van der Waals surface area contributed by atoms with Crippen molar-refractivity contribution in [2.75, 3.05) is 0 Å². The van der Waals surface area contributed by atoms with Gasteiger partial charge in [0.15, 0.2) is 0 Å². The average Bonchev–Trinajstić information content (AvgIpc) is 1.50. The van der Waals surface area contributed by atoms with E-state index in [1.807, 2.05) is 0 Å². The zero-order valence-corrected chi connectivity index (χ0v) is 8.47. The Morgan fingerprint density at radius 3 is 1.33 bits per heavy atom. The van der Waals surface area contributed by atoms with Crippen LogP contribution in [0, 0.1) is 0 Å². The SMILES string of the molecule is O.O=[SiH2].[Ca+2].[H-].[H-].[O]=[AlH]. The molecule has 0 amide bonds. The minimum absolute atomic E-state index is 0. The molecule has 0 aliphatic heterocycles. The Morgan fingerprint density at radius 2 is 1.33 bits per heavy atom. The Morgan fingerprint density at radius 1 is 1.33 bits per heavy atom. The second-order valence-corrected chi connectivity index (χ2v) is 0. The second-order valence-electron chi connectivity index (χ2n) is 0. The molecule has 6 heavy (non-hydrogen) atoms. The second kappa shape index (κ2) is 82.8. The van der Waals surface area contributed by atoms with E-state index in [0.717, 1.165) is 0 Å². The molecule has 0 aliphatic carbocycles. The van der Waals surface area contributed by atoms with Crippen LogP contribution in [0.3, 0.4) is 0 Å². The van der Waals surface area contributed by atoms with E-state index in [0.29, 0.717) is 26.4 Å². The Bertz CT molecular complexity index is 19.2. The molecule has 0 saturated heterocycles. The zero-order chi connectivity index (χ0) is 4.00. The molecule has 6 heteroatoms. The van der Waals surface area contributed by atoms with Crippen LogP contribution >= 0.6 is 0 Å². The molecule has 0 aromatic rings. The van der Waals surface area contributed by atoms with Crippen molar-refractivity contribution in [1.29, 1.82) is 0 Å². The quantitative estimate of drug-likeness (QED) is 0.350. The molecular weight excluding hydrogens is 143 g/mol. The molecule has 0 rings (SSSR count). The molecule has 3 nitrogen and oxygen atoms in total. The van der Waals surface area contributed by atoms with Crippen LogP contribution in [0.1, 0.15) is 2.85 Å². The number of hydrogen-bond donors (Lipinski definition) is 0. The van der Waals surface area contributed by atoms with Crippen molar-refractivity contribution in [1.82, 2.24) is 0 Å². The molecule has 0 aliphatic rings. The third kappa shape index (κ3) is 47.2. The van der Waals surface area contributed by atoms with Gasteiger partial charge in [0.2, 0.25) is 10.1 Å². The fraction of sp³-hybridized carbons (Fsp3) is 0. The normalized spacial score (nSPS) is 1.17. The first kappa shape index (κ1) is 25.6. The van der Waals surface area contributed by atoms with Crippen molar-refractivity contribution in [3.63, 3.8) is 0 Å². The van der Waals surface area contributed by atoms with E-state index in [1.165, 1.54) is 0 Å². The van der Waals surface area contributed by atoms with E-state index in [1.54, 1.807) is 0 Å². The predicted molar refractivity (Wildman–Crippen MR) is 28.7 cm³/mol. The Balaban J connectivity index is -0.00000000167. The maximum atomic E-state index is 8.28. The fourth-order valence-corrected chi connectivity index (χ4v) is 0. The van der Waals surface area contributed by atoms with Crippen LogP contribution in [0.5, 0.6) is 0 Å². The van der Waals surface area contributed by atoms with Crippen molar-refractivity contribution in [3.8, 4) is 0 Å². The first-order chi connectivity index (χ1) is 2.00. The van der Waals surface area contributed by atoms with Gasteiger partial charge >= 0.3 is 57.8 Å². The first-order valence-corrected chi connectivity index (χ1v) is 1.73. The number of rotatable bonds is 0.